The third kappa shape index (κ3) is 3.52. The molecule has 1 aromatic heterocycles. The third-order valence-electron chi connectivity index (χ3n) is 3.01. The number of rotatable bonds is 6. The van der Waals surface area contributed by atoms with Crippen LogP contribution >= 0.6 is 0 Å². The van der Waals surface area contributed by atoms with E-state index in [0.717, 1.165) is 31.4 Å². The Morgan fingerprint density at radius 1 is 1.28 bits per heavy atom. The molecule has 3 nitrogen and oxygen atoms in total. The first kappa shape index (κ1) is 13.0. The Balaban J connectivity index is 1.91. The van der Waals surface area contributed by atoms with Gasteiger partial charge in [0.05, 0.1) is 11.6 Å². The van der Waals surface area contributed by atoms with E-state index in [9.17, 15) is 5.11 Å². The number of aromatic nitrogens is 1. The number of nitrogens with one attached hydrogen (secondary N) is 1. The van der Waals surface area contributed by atoms with E-state index in [-0.39, 0.29) is 6.10 Å². The minimum atomic E-state index is -0.203. The second kappa shape index (κ2) is 6.47. The van der Waals surface area contributed by atoms with Gasteiger partial charge in [0.25, 0.3) is 0 Å². The largest absolute Gasteiger partial charge is 0.393 e. The zero-order valence-electron chi connectivity index (χ0n) is 10.8. The zero-order valence-corrected chi connectivity index (χ0v) is 10.8. The Morgan fingerprint density at radius 2 is 2.11 bits per heavy atom. The van der Waals surface area contributed by atoms with Crippen LogP contribution in [0.15, 0.2) is 36.5 Å². The fraction of sp³-hybridized carbons (Fsp3) is 0.400. The van der Waals surface area contributed by atoms with E-state index in [2.05, 4.69) is 34.6 Å². The molecule has 0 aliphatic rings. The molecule has 3 heteroatoms. The normalized spacial score (nSPS) is 12.8. The summed E-state index contributed by atoms with van der Waals surface area (Å²) in [5.41, 5.74) is 2.30. The highest BCUT2D eigenvalue weighted by molar-refractivity contribution is 5.81. The number of aliphatic hydroxyl groups is 1. The summed E-state index contributed by atoms with van der Waals surface area (Å²) in [6.07, 6.45) is 3.47. The van der Waals surface area contributed by atoms with Crippen LogP contribution in [0.5, 0.6) is 0 Å². The van der Waals surface area contributed by atoms with Gasteiger partial charge in [-0.2, -0.15) is 0 Å². The molecule has 18 heavy (non-hydrogen) atoms. The van der Waals surface area contributed by atoms with Crippen molar-refractivity contribution in [1.82, 2.24) is 10.3 Å². The fourth-order valence-corrected chi connectivity index (χ4v) is 2.06. The van der Waals surface area contributed by atoms with E-state index < -0.39 is 0 Å². The maximum absolute atomic E-state index is 9.17. The van der Waals surface area contributed by atoms with Crippen molar-refractivity contribution in [2.24, 2.45) is 0 Å². The lowest BCUT2D eigenvalue weighted by Crippen LogP contribution is -2.16. The monoisotopic (exact) mass is 244 g/mol. The highest BCUT2D eigenvalue weighted by Gasteiger charge is 2.01. The molecule has 96 valence electrons. The van der Waals surface area contributed by atoms with E-state index in [1.807, 2.05) is 19.2 Å². The van der Waals surface area contributed by atoms with Gasteiger partial charge in [0.15, 0.2) is 0 Å². The highest BCUT2D eigenvalue weighted by Crippen LogP contribution is 2.15. The smallest absolute Gasteiger partial charge is 0.0746 e. The van der Waals surface area contributed by atoms with Crippen molar-refractivity contribution in [3.63, 3.8) is 0 Å². The molecule has 0 aliphatic heterocycles. The molecule has 0 bridgehead atoms. The van der Waals surface area contributed by atoms with Gasteiger partial charge >= 0.3 is 0 Å². The summed E-state index contributed by atoms with van der Waals surface area (Å²) in [6, 6.07) is 10.3. The Bertz CT molecular complexity index is 491. The SMILES string of the molecule is CC(O)CCCNCc1cccc2cccnc12. The topological polar surface area (TPSA) is 45.1 Å². The first-order valence-corrected chi connectivity index (χ1v) is 6.49. The molecule has 0 radical (unpaired) electrons. The van der Waals surface area contributed by atoms with Crippen LogP contribution in [0.1, 0.15) is 25.3 Å². The van der Waals surface area contributed by atoms with Crippen LogP contribution in [-0.2, 0) is 6.54 Å². The summed E-state index contributed by atoms with van der Waals surface area (Å²) >= 11 is 0. The van der Waals surface area contributed by atoms with Crippen molar-refractivity contribution in [3.05, 3.63) is 42.1 Å². The second-order valence-corrected chi connectivity index (χ2v) is 4.66. The lowest BCUT2D eigenvalue weighted by Gasteiger charge is -2.08. The predicted octanol–water partition coefficient (Wildman–Crippen LogP) is 2.49. The highest BCUT2D eigenvalue weighted by atomic mass is 16.3. The summed E-state index contributed by atoms with van der Waals surface area (Å²) in [5, 5.41) is 13.8. The van der Waals surface area contributed by atoms with Gasteiger partial charge in [0.2, 0.25) is 0 Å². The van der Waals surface area contributed by atoms with E-state index in [1.165, 1.54) is 10.9 Å². The second-order valence-electron chi connectivity index (χ2n) is 4.66. The number of hydrogen-bond acceptors (Lipinski definition) is 3. The molecule has 0 fully saturated rings. The summed E-state index contributed by atoms with van der Waals surface area (Å²) in [6.45, 7) is 3.58. The number of hydrogen-bond donors (Lipinski definition) is 2. The van der Waals surface area contributed by atoms with Gasteiger partial charge in [0.1, 0.15) is 0 Å². The number of fused-ring (bicyclic) bond motifs is 1. The molecular formula is C15H20N2O. The molecule has 1 heterocycles. The zero-order chi connectivity index (χ0) is 12.8. The molecule has 2 rings (SSSR count). The fourth-order valence-electron chi connectivity index (χ4n) is 2.06. The van der Waals surface area contributed by atoms with Gasteiger partial charge < -0.3 is 10.4 Å². The molecular weight excluding hydrogens is 224 g/mol. The van der Waals surface area contributed by atoms with Crippen molar-refractivity contribution in [2.45, 2.75) is 32.4 Å². The van der Waals surface area contributed by atoms with E-state index in [1.54, 1.807) is 0 Å². The molecule has 2 N–H and O–H groups in total. The summed E-state index contributed by atoms with van der Waals surface area (Å²) in [4.78, 5) is 4.43. The maximum atomic E-state index is 9.17. The Hall–Kier alpha value is -1.45. The number of para-hydroxylation sites is 1. The van der Waals surface area contributed by atoms with E-state index in [4.69, 9.17) is 0 Å². The molecule has 1 unspecified atom stereocenters. The minimum absolute atomic E-state index is 0.203. The third-order valence-corrected chi connectivity index (χ3v) is 3.01. The van der Waals surface area contributed by atoms with Crippen LogP contribution in [0.2, 0.25) is 0 Å². The van der Waals surface area contributed by atoms with Crippen LogP contribution < -0.4 is 5.32 Å². The van der Waals surface area contributed by atoms with Gasteiger partial charge in [-0.3, -0.25) is 4.98 Å². The Kier molecular flexibility index (Phi) is 4.67. The van der Waals surface area contributed by atoms with Gasteiger partial charge in [-0.1, -0.05) is 24.3 Å². The quantitative estimate of drug-likeness (QED) is 0.767. The van der Waals surface area contributed by atoms with Crippen molar-refractivity contribution in [1.29, 1.82) is 0 Å². The van der Waals surface area contributed by atoms with Crippen molar-refractivity contribution in [3.8, 4) is 0 Å². The van der Waals surface area contributed by atoms with E-state index in [0.29, 0.717) is 0 Å². The van der Waals surface area contributed by atoms with Crippen LogP contribution in [0.3, 0.4) is 0 Å². The van der Waals surface area contributed by atoms with Gasteiger partial charge in [-0.05, 0) is 37.9 Å². The van der Waals surface area contributed by atoms with Crippen molar-refractivity contribution < 1.29 is 5.11 Å². The van der Waals surface area contributed by atoms with Gasteiger partial charge in [-0.25, -0.2) is 0 Å². The Morgan fingerprint density at radius 3 is 2.94 bits per heavy atom. The number of pyridine rings is 1. The lowest BCUT2D eigenvalue weighted by atomic mass is 10.1. The standard InChI is InChI=1S/C15H20N2O/c1-12(18)5-3-9-16-11-14-7-2-6-13-8-4-10-17-15(13)14/h2,4,6-8,10,12,16,18H,3,5,9,11H2,1H3. The maximum Gasteiger partial charge on any atom is 0.0746 e. The lowest BCUT2D eigenvalue weighted by molar-refractivity contribution is 0.181. The molecule has 2 aromatic rings. The average molecular weight is 244 g/mol. The molecule has 0 spiro atoms. The van der Waals surface area contributed by atoms with Gasteiger partial charge in [0, 0.05) is 18.1 Å². The molecule has 1 atom stereocenters. The molecule has 1 aromatic carbocycles. The number of nitrogens with zero attached hydrogens (tertiary/aromatic N) is 1. The van der Waals surface area contributed by atoms with Crippen molar-refractivity contribution >= 4 is 10.9 Å². The summed E-state index contributed by atoms with van der Waals surface area (Å²) < 4.78 is 0. The summed E-state index contributed by atoms with van der Waals surface area (Å²) in [5.74, 6) is 0. The van der Waals surface area contributed by atoms with Crippen LogP contribution in [0.25, 0.3) is 10.9 Å². The Labute approximate surface area is 108 Å². The van der Waals surface area contributed by atoms with Crippen LogP contribution in [0, 0.1) is 0 Å². The number of benzene rings is 1. The molecule has 0 aliphatic carbocycles. The first-order valence-electron chi connectivity index (χ1n) is 6.49. The van der Waals surface area contributed by atoms with Crippen LogP contribution in [0.4, 0.5) is 0 Å². The first-order chi connectivity index (χ1) is 8.77. The molecule has 0 saturated heterocycles. The van der Waals surface area contributed by atoms with Crippen LogP contribution in [-0.4, -0.2) is 22.7 Å². The van der Waals surface area contributed by atoms with E-state index >= 15 is 0 Å². The molecule has 0 amide bonds. The molecule has 0 saturated carbocycles. The summed E-state index contributed by atoms with van der Waals surface area (Å²) in [7, 11) is 0. The minimum Gasteiger partial charge on any atom is -0.393 e. The van der Waals surface area contributed by atoms with Crippen molar-refractivity contribution in [2.75, 3.05) is 6.54 Å². The predicted molar refractivity (Wildman–Crippen MR) is 74.4 cm³/mol. The number of aliphatic hydroxyl groups excluding tert-OH is 1. The van der Waals surface area contributed by atoms with Gasteiger partial charge in [-0.15, -0.1) is 0 Å². The average Bonchev–Trinajstić information content (AvgIpc) is 2.38.